The second-order valence-corrected chi connectivity index (χ2v) is 4.90. The molecule has 0 radical (unpaired) electrons. The molecule has 0 N–H and O–H groups in total. The SMILES string of the molecule is CCCCCCS(=O)(=O)OCCC. The van der Waals surface area contributed by atoms with Crippen LogP contribution in [0.5, 0.6) is 0 Å². The monoisotopic (exact) mass is 208 g/mol. The van der Waals surface area contributed by atoms with Crippen LogP contribution in [0.2, 0.25) is 0 Å². The lowest BCUT2D eigenvalue weighted by Crippen LogP contribution is -2.11. The zero-order valence-corrected chi connectivity index (χ0v) is 9.40. The first kappa shape index (κ1) is 12.9. The molecule has 4 heteroatoms. The van der Waals surface area contributed by atoms with E-state index in [0.717, 1.165) is 32.1 Å². The molecule has 0 saturated heterocycles. The summed E-state index contributed by atoms with van der Waals surface area (Å²) in [6.45, 7) is 4.31. The summed E-state index contributed by atoms with van der Waals surface area (Å²) in [6.07, 6.45) is 4.67. The lowest BCUT2D eigenvalue weighted by Gasteiger charge is -2.03. The van der Waals surface area contributed by atoms with Gasteiger partial charge >= 0.3 is 0 Å². The van der Waals surface area contributed by atoms with Crippen molar-refractivity contribution in [1.29, 1.82) is 0 Å². The maximum absolute atomic E-state index is 11.1. The second-order valence-electron chi connectivity index (χ2n) is 3.14. The van der Waals surface area contributed by atoms with Crippen LogP contribution < -0.4 is 0 Å². The molecule has 0 aromatic carbocycles. The summed E-state index contributed by atoms with van der Waals surface area (Å²) in [6, 6.07) is 0. The normalized spacial score (nSPS) is 11.8. The number of unbranched alkanes of at least 4 members (excludes halogenated alkanes) is 3. The Morgan fingerprint density at radius 2 is 1.69 bits per heavy atom. The Bertz CT molecular complexity index is 197. The summed E-state index contributed by atoms with van der Waals surface area (Å²) in [5.74, 6) is 0.174. The third-order valence-electron chi connectivity index (χ3n) is 1.71. The molecule has 13 heavy (non-hydrogen) atoms. The minimum atomic E-state index is -3.22. The van der Waals surface area contributed by atoms with E-state index in [9.17, 15) is 8.42 Å². The highest BCUT2D eigenvalue weighted by Gasteiger charge is 2.09. The standard InChI is InChI=1S/C9H20O3S/c1-3-5-6-7-9-13(10,11)12-8-4-2/h3-9H2,1-2H3. The van der Waals surface area contributed by atoms with Crippen molar-refractivity contribution in [2.24, 2.45) is 0 Å². The molecular formula is C9H20O3S. The van der Waals surface area contributed by atoms with Crippen LogP contribution in [-0.2, 0) is 14.3 Å². The highest BCUT2D eigenvalue weighted by Crippen LogP contribution is 2.03. The van der Waals surface area contributed by atoms with Gasteiger partial charge in [0, 0.05) is 0 Å². The minimum absolute atomic E-state index is 0.174. The van der Waals surface area contributed by atoms with Crippen molar-refractivity contribution in [3.8, 4) is 0 Å². The van der Waals surface area contributed by atoms with E-state index >= 15 is 0 Å². The Morgan fingerprint density at radius 1 is 1.00 bits per heavy atom. The van der Waals surface area contributed by atoms with Gasteiger partial charge in [-0.05, 0) is 12.8 Å². The molecule has 0 bridgehead atoms. The maximum Gasteiger partial charge on any atom is 0.267 e. The van der Waals surface area contributed by atoms with Crippen LogP contribution in [0.15, 0.2) is 0 Å². The maximum atomic E-state index is 11.1. The van der Waals surface area contributed by atoms with Crippen molar-refractivity contribution >= 4 is 10.1 Å². The van der Waals surface area contributed by atoms with Gasteiger partial charge in [-0.25, -0.2) is 0 Å². The van der Waals surface area contributed by atoms with Gasteiger partial charge in [0.2, 0.25) is 0 Å². The van der Waals surface area contributed by atoms with Gasteiger partial charge in [0.05, 0.1) is 12.4 Å². The zero-order chi connectivity index (χ0) is 10.2. The molecular weight excluding hydrogens is 188 g/mol. The van der Waals surface area contributed by atoms with Crippen LogP contribution in [0.3, 0.4) is 0 Å². The summed E-state index contributed by atoms with van der Waals surface area (Å²) < 4.78 is 27.0. The minimum Gasteiger partial charge on any atom is -0.270 e. The van der Waals surface area contributed by atoms with Crippen molar-refractivity contribution in [3.05, 3.63) is 0 Å². The number of hydrogen-bond acceptors (Lipinski definition) is 3. The van der Waals surface area contributed by atoms with Crippen LogP contribution >= 0.6 is 0 Å². The predicted octanol–water partition coefficient (Wildman–Crippen LogP) is 2.32. The van der Waals surface area contributed by atoms with Gasteiger partial charge in [-0.1, -0.05) is 33.1 Å². The summed E-state index contributed by atoms with van der Waals surface area (Å²) in [5.41, 5.74) is 0. The fourth-order valence-corrected chi connectivity index (χ4v) is 2.07. The average Bonchev–Trinajstić information content (AvgIpc) is 2.09. The Balaban J connectivity index is 3.52. The second kappa shape index (κ2) is 7.33. The lowest BCUT2D eigenvalue weighted by atomic mass is 10.2. The largest absolute Gasteiger partial charge is 0.270 e. The first-order valence-corrected chi connectivity index (χ1v) is 6.57. The number of rotatable bonds is 8. The molecule has 0 heterocycles. The highest BCUT2D eigenvalue weighted by molar-refractivity contribution is 7.86. The van der Waals surface area contributed by atoms with Gasteiger partial charge in [-0.3, -0.25) is 4.18 Å². The lowest BCUT2D eigenvalue weighted by molar-refractivity contribution is 0.317. The molecule has 0 aliphatic carbocycles. The number of hydrogen-bond donors (Lipinski definition) is 0. The first-order chi connectivity index (χ1) is 6.12. The first-order valence-electron chi connectivity index (χ1n) is 4.99. The van der Waals surface area contributed by atoms with E-state index in [2.05, 4.69) is 6.92 Å². The Kier molecular flexibility index (Phi) is 7.28. The van der Waals surface area contributed by atoms with E-state index in [1.807, 2.05) is 6.92 Å². The Hall–Kier alpha value is -0.0900. The van der Waals surface area contributed by atoms with Crippen molar-refractivity contribution < 1.29 is 12.6 Å². The van der Waals surface area contributed by atoms with E-state index in [0.29, 0.717) is 6.61 Å². The molecule has 0 aromatic heterocycles. The van der Waals surface area contributed by atoms with Crippen LogP contribution in [0, 0.1) is 0 Å². The third kappa shape index (κ3) is 8.25. The zero-order valence-electron chi connectivity index (χ0n) is 8.58. The molecule has 0 aliphatic heterocycles. The Morgan fingerprint density at radius 3 is 2.23 bits per heavy atom. The van der Waals surface area contributed by atoms with Gasteiger partial charge in [0.1, 0.15) is 0 Å². The molecule has 0 saturated carbocycles. The fraction of sp³-hybridized carbons (Fsp3) is 1.00. The molecule has 0 rings (SSSR count). The average molecular weight is 208 g/mol. The molecule has 0 fully saturated rings. The summed E-state index contributed by atoms with van der Waals surface area (Å²) in [7, 11) is -3.22. The smallest absolute Gasteiger partial charge is 0.267 e. The van der Waals surface area contributed by atoms with Crippen molar-refractivity contribution in [3.63, 3.8) is 0 Å². The van der Waals surface area contributed by atoms with Crippen molar-refractivity contribution in [2.45, 2.75) is 46.0 Å². The third-order valence-corrected chi connectivity index (χ3v) is 3.03. The van der Waals surface area contributed by atoms with E-state index < -0.39 is 10.1 Å². The molecule has 0 spiro atoms. The van der Waals surface area contributed by atoms with Gasteiger partial charge < -0.3 is 0 Å². The summed E-state index contributed by atoms with van der Waals surface area (Å²) in [5, 5.41) is 0. The van der Waals surface area contributed by atoms with E-state index in [1.165, 1.54) is 0 Å². The van der Waals surface area contributed by atoms with Crippen molar-refractivity contribution in [1.82, 2.24) is 0 Å². The quantitative estimate of drug-likeness (QED) is 0.454. The van der Waals surface area contributed by atoms with Crippen molar-refractivity contribution in [2.75, 3.05) is 12.4 Å². The van der Waals surface area contributed by atoms with Crippen LogP contribution in [0.25, 0.3) is 0 Å². The summed E-state index contributed by atoms with van der Waals surface area (Å²) in [4.78, 5) is 0. The van der Waals surface area contributed by atoms with E-state index in [4.69, 9.17) is 4.18 Å². The van der Waals surface area contributed by atoms with E-state index in [1.54, 1.807) is 0 Å². The van der Waals surface area contributed by atoms with Crippen LogP contribution in [-0.4, -0.2) is 20.8 Å². The molecule has 0 aromatic rings. The Labute approximate surface area is 81.6 Å². The summed E-state index contributed by atoms with van der Waals surface area (Å²) >= 11 is 0. The van der Waals surface area contributed by atoms with Crippen LogP contribution in [0.1, 0.15) is 46.0 Å². The highest BCUT2D eigenvalue weighted by atomic mass is 32.2. The van der Waals surface area contributed by atoms with Gasteiger partial charge in [0.15, 0.2) is 0 Å². The molecule has 0 aliphatic rings. The van der Waals surface area contributed by atoms with Crippen LogP contribution in [0.4, 0.5) is 0 Å². The van der Waals surface area contributed by atoms with Gasteiger partial charge in [-0.2, -0.15) is 8.42 Å². The molecule has 0 unspecified atom stereocenters. The fourth-order valence-electron chi connectivity index (χ4n) is 0.975. The molecule has 0 atom stereocenters. The molecule has 0 amide bonds. The van der Waals surface area contributed by atoms with Gasteiger partial charge in [-0.15, -0.1) is 0 Å². The molecule has 80 valence electrons. The predicted molar refractivity (Wildman–Crippen MR) is 54.2 cm³/mol. The van der Waals surface area contributed by atoms with E-state index in [-0.39, 0.29) is 5.75 Å². The molecule has 3 nitrogen and oxygen atoms in total. The topological polar surface area (TPSA) is 43.4 Å². The van der Waals surface area contributed by atoms with Gasteiger partial charge in [0.25, 0.3) is 10.1 Å².